The Morgan fingerprint density at radius 3 is 2.26 bits per heavy atom. The van der Waals surface area contributed by atoms with Crippen molar-refractivity contribution in [3.63, 3.8) is 0 Å². The van der Waals surface area contributed by atoms with Crippen molar-refractivity contribution in [3.8, 4) is 0 Å². The van der Waals surface area contributed by atoms with Crippen molar-refractivity contribution in [1.29, 1.82) is 0 Å². The maximum atomic E-state index is 12.8. The highest BCUT2D eigenvalue weighted by Gasteiger charge is 2.21. The van der Waals surface area contributed by atoms with Gasteiger partial charge in [0.25, 0.3) is 11.8 Å². The van der Waals surface area contributed by atoms with Crippen LogP contribution in [0, 0.1) is 0 Å². The van der Waals surface area contributed by atoms with Crippen LogP contribution < -0.4 is 10.6 Å². The summed E-state index contributed by atoms with van der Waals surface area (Å²) in [5.41, 5.74) is 1.44. The van der Waals surface area contributed by atoms with Gasteiger partial charge in [-0.05, 0) is 55.7 Å². The van der Waals surface area contributed by atoms with E-state index in [2.05, 4.69) is 10.6 Å². The molecule has 0 atom stereocenters. The van der Waals surface area contributed by atoms with Crippen molar-refractivity contribution in [1.82, 2.24) is 10.2 Å². The van der Waals surface area contributed by atoms with Crippen LogP contribution in [-0.4, -0.2) is 34.9 Å². The van der Waals surface area contributed by atoms with E-state index < -0.39 is 5.91 Å². The third-order valence-electron chi connectivity index (χ3n) is 4.39. The molecule has 3 rings (SSSR count). The monoisotopic (exact) mass is 401 g/mol. The van der Waals surface area contributed by atoms with Gasteiger partial charge in [0.05, 0.1) is 21.8 Å². The minimum atomic E-state index is -0.405. The number of thiocarbonyl (C=S) groups is 1. The highest BCUT2D eigenvalue weighted by atomic mass is 35.5. The number of carbonyl (C=O) groups excluding carboxylic acids is 2. The summed E-state index contributed by atoms with van der Waals surface area (Å²) in [4.78, 5) is 27.0. The molecule has 0 radical (unpaired) electrons. The first-order chi connectivity index (χ1) is 13.1. The topological polar surface area (TPSA) is 61.4 Å². The summed E-state index contributed by atoms with van der Waals surface area (Å²) in [6, 6.07) is 13.9. The lowest BCUT2D eigenvalue weighted by Crippen LogP contribution is -2.37. The van der Waals surface area contributed by atoms with Gasteiger partial charge in [-0.1, -0.05) is 35.9 Å². The largest absolute Gasteiger partial charge is 0.339 e. The Morgan fingerprint density at radius 1 is 0.926 bits per heavy atom. The van der Waals surface area contributed by atoms with Gasteiger partial charge in [-0.2, -0.15) is 0 Å². The van der Waals surface area contributed by atoms with Crippen molar-refractivity contribution in [3.05, 3.63) is 64.7 Å². The van der Waals surface area contributed by atoms with Gasteiger partial charge in [0, 0.05) is 13.1 Å². The lowest BCUT2D eigenvalue weighted by Gasteiger charge is -2.27. The molecular weight excluding hydrogens is 382 g/mol. The molecule has 7 heteroatoms. The Balaban J connectivity index is 1.70. The van der Waals surface area contributed by atoms with Crippen LogP contribution in [0.15, 0.2) is 48.5 Å². The molecule has 0 aromatic heterocycles. The molecule has 5 nitrogen and oxygen atoms in total. The second-order valence-corrected chi connectivity index (χ2v) is 7.10. The molecule has 27 heavy (non-hydrogen) atoms. The molecule has 0 spiro atoms. The first kappa shape index (κ1) is 19.3. The standard InChI is InChI=1S/C20H20ClN3O2S/c21-16-10-4-2-8-14(16)18(25)23-20(27)22-17-11-5-3-9-15(17)19(26)24-12-6-1-7-13-24/h2-5,8-11H,1,6-7,12-13H2,(H2,22,23,25,27). The van der Waals surface area contributed by atoms with Crippen LogP contribution in [0.3, 0.4) is 0 Å². The second-order valence-electron chi connectivity index (χ2n) is 6.29. The summed E-state index contributed by atoms with van der Waals surface area (Å²) in [5.74, 6) is -0.434. The molecule has 1 fully saturated rings. The Hall–Kier alpha value is -2.44. The molecular formula is C20H20ClN3O2S. The number of halogens is 1. The molecule has 140 valence electrons. The van der Waals surface area contributed by atoms with E-state index in [0.717, 1.165) is 32.4 Å². The van der Waals surface area contributed by atoms with Gasteiger partial charge in [-0.3, -0.25) is 14.9 Å². The molecule has 1 heterocycles. The Morgan fingerprint density at radius 2 is 1.56 bits per heavy atom. The maximum absolute atomic E-state index is 12.8. The fourth-order valence-corrected chi connectivity index (χ4v) is 3.44. The van der Waals surface area contributed by atoms with Gasteiger partial charge >= 0.3 is 0 Å². The van der Waals surface area contributed by atoms with Crippen molar-refractivity contribution in [2.75, 3.05) is 18.4 Å². The van der Waals surface area contributed by atoms with E-state index in [-0.39, 0.29) is 11.0 Å². The molecule has 1 aliphatic rings. The summed E-state index contributed by atoms with van der Waals surface area (Å²) >= 11 is 11.3. The molecule has 1 aliphatic heterocycles. The quantitative estimate of drug-likeness (QED) is 0.760. The van der Waals surface area contributed by atoms with E-state index in [9.17, 15) is 9.59 Å². The van der Waals surface area contributed by atoms with E-state index in [0.29, 0.717) is 21.8 Å². The van der Waals surface area contributed by atoms with Gasteiger partial charge < -0.3 is 10.2 Å². The molecule has 2 amide bonds. The zero-order valence-electron chi connectivity index (χ0n) is 14.7. The lowest BCUT2D eigenvalue weighted by atomic mass is 10.1. The first-order valence-corrected chi connectivity index (χ1v) is 9.60. The SMILES string of the molecule is O=C(NC(=S)Nc1ccccc1C(=O)N1CCCCC1)c1ccccc1Cl. The fraction of sp³-hybridized carbons (Fsp3) is 0.250. The highest BCUT2D eigenvalue weighted by molar-refractivity contribution is 7.80. The molecule has 0 aliphatic carbocycles. The molecule has 0 saturated carbocycles. The van der Waals surface area contributed by atoms with Crippen molar-refractivity contribution < 1.29 is 9.59 Å². The van der Waals surface area contributed by atoms with Crippen LogP contribution in [-0.2, 0) is 0 Å². The lowest BCUT2D eigenvalue weighted by molar-refractivity contribution is 0.0725. The van der Waals surface area contributed by atoms with Crippen LogP contribution in [0.1, 0.15) is 40.0 Å². The average Bonchev–Trinajstić information content (AvgIpc) is 2.68. The zero-order valence-corrected chi connectivity index (χ0v) is 16.3. The number of hydrogen-bond acceptors (Lipinski definition) is 3. The summed E-state index contributed by atoms with van der Waals surface area (Å²) in [7, 11) is 0. The number of hydrogen-bond donors (Lipinski definition) is 2. The predicted octanol–water partition coefficient (Wildman–Crippen LogP) is 4.09. The van der Waals surface area contributed by atoms with Crippen molar-refractivity contribution >= 4 is 46.4 Å². The number of para-hydroxylation sites is 1. The van der Waals surface area contributed by atoms with Gasteiger partial charge in [0.1, 0.15) is 0 Å². The fourth-order valence-electron chi connectivity index (χ4n) is 3.02. The summed E-state index contributed by atoms with van der Waals surface area (Å²) in [6.07, 6.45) is 3.20. The zero-order chi connectivity index (χ0) is 19.2. The third kappa shape index (κ3) is 4.84. The Labute approximate surface area is 168 Å². The van der Waals surface area contributed by atoms with Crippen LogP contribution in [0.25, 0.3) is 0 Å². The number of likely N-dealkylation sites (tertiary alicyclic amines) is 1. The number of nitrogens with zero attached hydrogens (tertiary/aromatic N) is 1. The molecule has 0 unspecified atom stereocenters. The average molecular weight is 402 g/mol. The van der Waals surface area contributed by atoms with Gasteiger partial charge in [-0.25, -0.2) is 0 Å². The van der Waals surface area contributed by atoms with Crippen LogP contribution in [0.2, 0.25) is 5.02 Å². The molecule has 1 saturated heterocycles. The summed E-state index contributed by atoms with van der Waals surface area (Å²) in [5, 5.41) is 6.02. The molecule has 2 aromatic rings. The maximum Gasteiger partial charge on any atom is 0.258 e. The minimum absolute atomic E-state index is 0.0296. The van der Waals surface area contributed by atoms with E-state index in [1.807, 2.05) is 17.0 Å². The molecule has 2 N–H and O–H groups in total. The van der Waals surface area contributed by atoms with Crippen molar-refractivity contribution in [2.24, 2.45) is 0 Å². The molecule has 0 bridgehead atoms. The van der Waals surface area contributed by atoms with Crippen LogP contribution in [0.5, 0.6) is 0 Å². The predicted molar refractivity (Wildman–Crippen MR) is 111 cm³/mol. The first-order valence-electron chi connectivity index (χ1n) is 8.81. The highest BCUT2D eigenvalue weighted by Crippen LogP contribution is 2.20. The molecule has 2 aromatic carbocycles. The number of carbonyl (C=O) groups is 2. The summed E-state index contributed by atoms with van der Waals surface area (Å²) in [6.45, 7) is 1.53. The Bertz CT molecular complexity index is 866. The van der Waals surface area contributed by atoms with Gasteiger partial charge in [-0.15, -0.1) is 0 Å². The Kier molecular flexibility index (Phi) is 6.42. The van der Waals surface area contributed by atoms with E-state index in [4.69, 9.17) is 23.8 Å². The van der Waals surface area contributed by atoms with Gasteiger partial charge in [0.2, 0.25) is 0 Å². The third-order valence-corrected chi connectivity index (χ3v) is 4.93. The van der Waals surface area contributed by atoms with Gasteiger partial charge in [0.15, 0.2) is 5.11 Å². The van der Waals surface area contributed by atoms with E-state index in [1.165, 1.54) is 0 Å². The van der Waals surface area contributed by atoms with E-state index >= 15 is 0 Å². The summed E-state index contributed by atoms with van der Waals surface area (Å²) < 4.78 is 0. The van der Waals surface area contributed by atoms with Crippen LogP contribution in [0.4, 0.5) is 5.69 Å². The smallest absolute Gasteiger partial charge is 0.258 e. The number of anilines is 1. The number of amides is 2. The normalized spacial score (nSPS) is 13.7. The number of benzene rings is 2. The van der Waals surface area contributed by atoms with Crippen molar-refractivity contribution in [2.45, 2.75) is 19.3 Å². The van der Waals surface area contributed by atoms with Crippen LogP contribution >= 0.6 is 23.8 Å². The second kappa shape index (κ2) is 8.97. The number of nitrogens with one attached hydrogen (secondary N) is 2. The minimum Gasteiger partial charge on any atom is -0.339 e. The van der Waals surface area contributed by atoms with E-state index in [1.54, 1.807) is 36.4 Å². The number of rotatable bonds is 3. The number of piperidine rings is 1.